The maximum atomic E-state index is 13.8. The lowest BCUT2D eigenvalue weighted by atomic mass is 9.68. The van der Waals surface area contributed by atoms with Gasteiger partial charge in [0.15, 0.2) is 5.82 Å². The van der Waals surface area contributed by atoms with E-state index in [-0.39, 0.29) is 5.82 Å². The van der Waals surface area contributed by atoms with Gasteiger partial charge in [-0.15, -0.1) is 11.3 Å². The van der Waals surface area contributed by atoms with Crippen molar-refractivity contribution < 1.29 is 14.0 Å². The first-order chi connectivity index (χ1) is 17.2. The number of carbonyl (C=O) groups excluding carboxylic acids is 1. The summed E-state index contributed by atoms with van der Waals surface area (Å²) in [4.78, 5) is 31.1. The number of amides is 1. The fraction of sp³-hybridized carbons (Fsp3) is 0.440. The van der Waals surface area contributed by atoms with Gasteiger partial charge in [0, 0.05) is 23.2 Å². The van der Waals surface area contributed by atoms with Crippen LogP contribution < -0.4 is 10.8 Å². The number of anilines is 1. The van der Waals surface area contributed by atoms with E-state index in [0.29, 0.717) is 29.3 Å². The number of thiophene rings is 1. The zero-order valence-electron chi connectivity index (χ0n) is 20.2. The van der Waals surface area contributed by atoms with E-state index in [9.17, 15) is 4.39 Å². The van der Waals surface area contributed by atoms with Crippen LogP contribution in [-0.4, -0.2) is 39.5 Å². The number of rotatable bonds is 5. The van der Waals surface area contributed by atoms with Gasteiger partial charge in [0.05, 0.1) is 18.7 Å². The van der Waals surface area contributed by atoms with Crippen LogP contribution in [0.3, 0.4) is 0 Å². The number of nitrogens with zero attached hydrogens (tertiary/aromatic N) is 3. The summed E-state index contributed by atoms with van der Waals surface area (Å²) in [5, 5.41) is 7.59. The van der Waals surface area contributed by atoms with Gasteiger partial charge in [-0.25, -0.2) is 24.8 Å². The van der Waals surface area contributed by atoms with Gasteiger partial charge in [0.1, 0.15) is 22.1 Å². The molecule has 4 heterocycles. The van der Waals surface area contributed by atoms with Crippen LogP contribution in [0.15, 0.2) is 29.9 Å². The lowest BCUT2D eigenvalue weighted by Gasteiger charge is -2.42. The molecule has 10 heteroatoms. The molecule has 3 saturated carbocycles. The Morgan fingerprint density at radius 3 is 2.66 bits per heavy atom. The van der Waals surface area contributed by atoms with Crippen molar-refractivity contribution in [2.24, 2.45) is 11.8 Å². The normalized spacial score (nSPS) is 20.5. The van der Waals surface area contributed by atoms with Gasteiger partial charge in [-0.3, -0.25) is 9.63 Å². The molecule has 3 aliphatic carbocycles. The monoisotopic (exact) mass is 498 g/mol. The molecule has 35 heavy (non-hydrogen) atoms. The Balaban J connectivity index is 0.000000371. The number of carbonyl (C=O) groups is 1. The summed E-state index contributed by atoms with van der Waals surface area (Å²) in [5.41, 5.74) is 3.36. The van der Waals surface area contributed by atoms with Gasteiger partial charge < -0.3 is 10.3 Å². The smallest absolute Gasteiger partial charge is 0.230 e. The predicted molar refractivity (Wildman–Crippen MR) is 137 cm³/mol. The number of H-pyrrole nitrogens is 1. The number of halogens is 1. The number of fused-ring (bicyclic) bond motifs is 5. The molecule has 2 bridgehead atoms. The summed E-state index contributed by atoms with van der Waals surface area (Å²) < 4.78 is 13.8. The fourth-order valence-corrected chi connectivity index (χ4v) is 5.79. The third-order valence-electron chi connectivity index (χ3n) is 6.60. The molecule has 0 spiro atoms. The van der Waals surface area contributed by atoms with Crippen molar-refractivity contribution >= 4 is 44.8 Å². The molecule has 7 rings (SSSR count). The van der Waals surface area contributed by atoms with Crippen LogP contribution in [0.5, 0.6) is 0 Å². The predicted octanol–water partition coefficient (Wildman–Crippen LogP) is 5.68. The standard InChI is InChI=1S/C21H20FN5S.C2H5NO2.C2H6/c22-13-8-15-16(10-24-18(15)23-9-13)20-26-19(14-5-6-28-21(14)27-20)25-17-7-11-1-3-12(17)4-2-11;1-5-3-2-4;1-2/h5-6,8-12,17H,1-4,7H2,(H,23,24)(H,25,26,27);2H,1H3,(H,3,4);1-2H3. The van der Waals surface area contributed by atoms with E-state index >= 15 is 0 Å². The molecule has 0 aromatic carbocycles. The number of hydrogen-bond acceptors (Lipinski definition) is 7. The van der Waals surface area contributed by atoms with Crippen LogP contribution in [0.4, 0.5) is 10.2 Å². The number of aromatic amines is 1. The van der Waals surface area contributed by atoms with Crippen LogP contribution in [0.25, 0.3) is 32.6 Å². The fourth-order valence-electron chi connectivity index (χ4n) is 5.03. The van der Waals surface area contributed by atoms with E-state index in [1.807, 2.05) is 25.5 Å². The summed E-state index contributed by atoms with van der Waals surface area (Å²) >= 11 is 1.61. The Kier molecular flexibility index (Phi) is 8.25. The van der Waals surface area contributed by atoms with Crippen molar-refractivity contribution in [2.45, 2.75) is 52.0 Å². The molecule has 8 nitrogen and oxygen atoms in total. The molecule has 186 valence electrons. The Bertz CT molecular complexity index is 1270. The minimum Gasteiger partial charge on any atom is -0.366 e. The van der Waals surface area contributed by atoms with Crippen molar-refractivity contribution in [3.63, 3.8) is 0 Å². The number of nitrogens with one attached hydrogen (secondary N) is 3. The highest BCUT2D eigenvalue weighted by atomic mass is 32.1. The highest BCUT2D eigenvalue weighted by Gasteiger charge is 2.36. The van der Waals surface area contributed by atoms with Gasteiger partial charge in [0.2, 0.25) is 6.41 Å². The Morgan fingerprint density at radius 2 is 2.00 bits per heavy atom. The van der Waals surface area contributed by atoms with Crippen molar-refractivity contribution in [1.29, 1.82) is 0 Å². The quantitative estimate of drug-likeness (QED) is 0.241. The van der Waals surface area contributed by atoms with E-state index in [0.717, 1.165) is 33.4 Å². The van der Waals surface area contributed by atoms with Gasteiger partial charge in [-0.1, -0.05) is 26.7 Å². The number of pyridine rings is 1. The molecule has 0 saturated heterocycles. The van der Waals surface area contributed by atoms with E-state index in [1.165, 1.54) is 51.5 Å². The van der Waals surface area contributed by atoms with Crippen LogP contribution in [0, 0.1) is 17.7 Å². The van der Waals surface area contributed by atoms with Crippen molar-refractivity contribution in [2.75, 3.05) is 12.4 Å². The first kappa shape index (κ1) is 25.0. The maximum Gasteiger partial charge on any atom is 0.230 e. The molecule has 4 aromatic rings. The molecule has 3 aliphatic rings. The third-order valence-corrected chi connectivity index (χ3v) is 7.41. The van der Waals surface area contributed by atoms with Crippen LogP contribution >= 0.6 is 11.3 Å². The molecular formula is C25H31FN6O2S. The minimum atomic E-state index is -0.359. The highest BCUT2D eigenvalue weighted by Crippen LogP contribution is 2.43. The average molecular weight is 499 g/mol. The number of hydroxylamine groups is 1. The zero-order chi connectivity index (χ0) is 24.8. The molecule has 4 aromatic heterocycles. The Hall–Kier alpha value is -3.11. The van der Waals surface area contributed by atoms with Gasteiger partial charge in [-0.05, 0) is 48.6 Å². The molecule has 3 fully saturated rings. The van der Waals surface area contributed by atoms with Gasteiger partial charge in [-0.2, -0.15) is 0 Å². The minimum absolute atomic E-state index is 0.359. The van der Waals surface area contributed by atoms with Crippen molar-refractivity contribution in [3.8, 4) is 11.4 Å². The summed E-state index contributed by atoms with van der Waals surface area (Å²) in [7, 11) is 1.37. The summed E-state index contributed by atoms with van der Waals surface area (Å²) in [5.74, 6) is 2.74. The number of aromatic nitrogens is 4. The second-order valence-corrected chi connectivity index (χ2v) is 9.39. The number of hydrogen-bond donors (Lipinski definition) is 3. The highest BCUT2D eigenvalue weighted by molar-refractivity contribution is 7.16. The largest absolute Gasteiger partial charge is 0.366 e. The lowest BCUT2D eigenvalue weighted by Crippen LogP contribution is -2.40. The average Bonchev–Trinajstić information content (AvgIpc) is 3.54. The lowest BCUT2D eigenvalue weighted by molar-refractivity contribution is -0.118. The SMILES string of the molecule is CC.CONC=O.Fc1cnc2[nH]cc(-c3nc(NC4CC5CCC4CC5)c4ccsc4n3)c2c1. The van der Waals surface area contributed by atoms with Crippen LogP contribution in [0.2, 0.25) is 0 Å². The molecule has 1 amide bonds. The Labute approximate surface area is 207 Å². The van der Waals surface area contributed by atoms with Gasteiger partial charge in [0.25, 0.3) is 0 Å². The van der Waals surface area contributed by atoms with Crippen LogP contribution in [-0.2, 0) is 9.63 Å². The first-order valence-corrected chi connectivity index (χ1v) is 12.9. The van der Waals surface area contributed by atoms with E-state index in [2.05, 4.69) is 31.6 Å². The zero-order valence-corrected chi connectivity index (χ0v) is 21.0. The Morgan fingerprint density at radius 1 is 1.20 bits per heavy atom. The third kappa shape index (κ3) is 5.43. The topological polar surface area (TPSA) is 105 Å². The van der Waals surface area contributed by atoms with E-state index in [4.69, 9.17) is 14.8 Å². The summed E-state index contributed by atoms with van der Waals surface area (Å²) in [6.07, 6.45) is 10.1. The molecule has 0 radical (unpaired) electrons. The summed E-state index contributed by atoms with van der Waals surface area (Å²) in [6.45, 7) is 4.00. The molecule has 1 atom stereocenters. The molecule has 0 aliphatic heterocycles. The van der Waals surface area contributed by atoms with Crippen molar-refractivity contribution in [1.82, 2.24) is 25.4 Å². The van der Waals surface area contributed by atoms with Crippen molar-refractivity contribution in [3.05, 3.63) is 35.7 Å². The van der Waals surface area contributed by atoms with Crippen LogP contribution in [0.1, 0.15) is 46.0 Å². The molecular weight excluding hydrogens is 467 g/mol. The molecule has 3 N–H and O–H groups in total. The van der Waals surface area contributed by atoms with E-state index in [1.54, 1.807) is 11.3 Å². The van der Waals surface area contributed by atoms with Gasteiger partial charge >= 0.3 is 0 Å². The maximum absolute atomic E-state index is 13.8. The summed E-state index contributed by atoms with van der Waals surface area (Å²) in [6, 6.07) is 4.06. The molecule has 1 unspecified atom stereocenters. The second-order valence-electron chi connectivity index (χ2n) is 8.49. The van der Waals surface area contributed by atoms with E-state index < -0.39 is 0 Å². The first-order valence-electron chi connectivity index (χ1n) is 12.0. The second kappa shape index (κ2) is 11.5.